The summed E-state index contributed by atoms with van der Waals surface area (Å²) in [6.45, 7) is 4.08. The van der Waals surface area contributed by atoms with Gasteiger partial charge in [-0.3, -0.25) is 4.79 Å². The molecular formula is C17H16ClNO5. The molecule has 0 spiro atoms. The minimum Gasteiger partial charge on any atom is -0.506 e. The van der Waals surface area contributed by atoms with Crippen molar-refractivity contribution in [1.29, 1.82) is 0 Å². The monoisotopic (exact) mass is 349 g/mol. The van der Waals surface area contributed by atoms with Crippen molar-refractivity contribution in [3.63, 3.8) is 0 Å². The summed E-state index contributed by atoms with van der Waals surface area (Å²) in [6, 6.07) is 4.19. The van der Waals surface area contributed by atoms with Crippen LogP contribution in [0.15, 0.2) is 29.2 Å². The Hall–Kier alpha value is -2.47. The Kier molecular flexibility index (Phi) is 4.24. The maximum atomic E-state index is 12.4. The molecule has 0 aliphatic carbocycles. The van der Waals surface area contributed by atoms with Crippen LogP contribution in [0.3, 0.4) is 0 Å². The summed E-state index contributed by atoms with van der Waals surface area (Å²) in [5, 5.41) is 9.92. The van der Waals surface area contributed by atoms with Gasteiger partial charge in [0.25, 0.3) is 0 Å². The average Bonchev–Trinajstić information content (AvgIpc) is 2.66. The smallest absolute Gasteiger partial charge is 0.343 e. The van der Waals surface area contributed by atoms with E-state index in [9.17, 15) is 14.7 Å². The van der Waals surface area contributed by atoms with Gasteiger partial charge in [-0.15, -0.1) is 0 Å². The predicted octanol–water partition coefficient (Wildman–Crippen LogP) is 3.00. The number of hydrogen-bond donors (Lipinski definition) is 1. The minimum atomic E-state index is -0.654. The fourth-order valence-corrected chi connectivity index (χ4v) is 2.81. The molecule has 24 heavy (non-hydrogen) atoms. The predicted molar refractivity (Wildman–Crippen MR) is 89.0 cm³/mol. The summed E-state index contributed by atoms with van der Waals surface area (Å²) in [7, 11) is 0. The van der Waals surface area contributed by atoms with E-state index >= 15 is 0 Å². The SMILES string of the molecule is CCOC(=O)c1cn2c(cc1=O)-c1cc(Cl)c(O)cc1OC[C@H]2C. The van der Waals surface area contributed by atoms with E-state index in [1.807, 2.05) is 6.92 Å². The zero-order valence-corrected chi connectivity index (χ0v) is 14.0. The highest BCUT2D eigenvalue weighted by Crippen LogP contribution is 2.40. The molecule has 1 N–H and O–H groups in total. The number of halogens is 1. The zero-order valence-electron chi connectivity index (χ0n) is 13.2. The Morgan fingerprint density at radius 3 is 2.92 bits per heavy atom. The largest absolute Gasteiger partial charge is 0.506 e. The average molecular weight is 350 g/mol. The van der Waals surface area contributed by atoms with Crippen LogP contribution in [0.5, 0.6) is 11.5 Å². The Balaban J connectivity index is 2.24. The van der Waals surface area contributed by atoms with Crippen LogP contribution in [-0.4, -0.2) is 28.9 Å². The van der Waals surface area contributed by atoms with Crippen molar-refractivity contribution in [2.24, 2.45) is 0 Å². The van der Waals surface area contributed by atoms with Crippen molar-refractivity contribution in [2.75, 3.05) is 13.2 Å². The van der Waals surface area contributed by atoms with Crippen LogP contribution in [0.25, 0.3) is 11.3 Å². The van der Waals surface area contributed by atoms with Crippen LogP contribution in [0.1, 0.15) is 30.2 Å². The van der Waals surface area contributed by atoms with Gasteiger partial charge in [-0.05, 0) is 19.9 Å². The number of hydrogen-bond acceptors (Lipinski definition) is 5. The molecule has 0 saturated carbocycles. The maximum absolute atomic E-state index is 12.4. The summed E-state index contributed by atoms with van der Waals surface area (Å²) in [5.74, 6) is -0.320. The molecule has 1 aliphatic rings. The van der Waals surface area contributed by atoms with Gasteiger partial charge in [0, 0.05) is 23.9 Å². The van der Waals surface area contributed by atoms with Crippen LogP contribution < -0.4 is 10.2 Å². The van der Waals surface area contributed by atoms with Gasteiger partial charge in [0.2, 0.25) is 0 Å². The lowest BCUT2D eigenvalue weighted by atomic mass is 10.1. The topological polar surface area (TPSA) is 77.8 Å². The van der Waals surface area contributed by atoms with E-state index < -0.39 is 11.4 Å². The van der Waals surface area contributed by atoms with Crippen molar-refractivity contribution in [1.82, 2.24) is 4.57 Å². The van der Waals surface area contributed by atoms with Crippen LogP contribution in [-0.2, 0) is 4.74 Å². The summed E-state index contributed by atoms with van der Waals surface area (Å²) in [6.07, 6.45) is 1.49. The molecule has 1 atom stereocenters. The van der Waals surface area contributed by atoms with Crippen LogP contribution in [0.2, 0.25) is 5.02 Å². The molecule has 0 radical (unpaired) electrons. The van der Waals surface area contributed by atoms with Gasteiger partial charge in [-0.2, -0.15) is 0 Å². The number of fused-ring (bicyclic) bond motifs is 3. The van der Waals surface area contributed by atoms with Crippen molar-refractivity contribution >= 4 is 17.6 Å². The number of esters is 1. The number of pyridine rings is 1. The number of phenols is 1. The maximum Gasteiger partial charge on any atom is 0.343 e. The molecule has 7 heteroatoms. The third kappa shape index (κ3) is 2.73. The molecule has 2 aromatic rings. The molecule has 126 valence electrons. The molecule has 3 rings (SSSR count). The van der Waals surface area contributed by atoms with E-state index in [0.717, 1.165) is 0 Å². The molecule has 1 aliphatic heterocycles. The Morgan fingerprint density at radius 2 is 2.21 bits per heavy atom. The number of phenolic OH excluding ortho intramolecular Hbond substituents is 1. The van der Waals surface area contributed by atoms with Gasteiger partial charge in [0.1, 0.15) is 23.7 Å². The van der Waals surface area contributed by atoms with Gasteiger partial charge >= 0.3 is 5.97 Å². The van der Waals surface area contributed by atoms with Gasteiger partial charge in [0.15, 0.2) is 5.43 Å². The first-order valence-electron chi connectivity index (χ1n) is 7.51. The third-order valence-electron chi connectivity index (χ3n) is 3.85. The molecule has 0 saturated heterocycles. The lowest BCUT2D eigenvalue weighted by Crippen LogP contribution is -2.22. The van der Waals surface area contributed by atoms with E-state index in [4.69, 9.17) is 21.1 Å². The van der Waals surface area contributed by atoms with E-state index in [1.54, 1.807) is 17.6 Å². The second-order valence-electron chi connectivity index (χ2n) is 5.52. The molecule has 0 bridgehead atoms. The van der Waals surface area contributed by atoms with Gasteiger partial charge in [0.05, 0.1) is 23.4 Å². The minimum absolute atomic E-state index is 0.0271. The van der Waals surface area contributed by atoms with Gasteiger partial charge in [-0.25, -0.2) is 4.79 Å². The van der Waals surface area contributed by atoms with Crippen LogP contribution >= 0.6 is 11.6 Å². The molecule has 2 heterocycles. The lowest BCUT2D eigenvalue weighted by molar-refractivity contribution is 0.0523. The number of ether oxygens (including phenoxy) is 2. The van der Waals surface area contributed by atoms with Crippen molar-refractivity contribution < 1.29 is 19.4 Å². The quantitative estimate of drug-likeness (QED) is 0.843. The van der Waals surface area contributed by atoms with Crippen molar-refractivity contribution in [2.45, 2.75) is 19.9 Å². The van der Waals surface area contributed by atoms with E-state index in [0.29, 0.717) is 23.6 Å². The summed E-state index contributed by atoms with van der Waals surface area (Å²) in [5.41, 5.74) is 0.675. The second-order valence-corrected chi connectivity index (χ2v) is 5.93. The van der Waals surface area contributed by atoms with Crippen molar-refractivity contribution in [3.8, 4) is 22.8 Å². The van der Waals surface area contributed by atoms with Gasteiger partial charge < -0.3 is 19.1 Å². The lowest BCUT2D eigenvalue weighted by Gasteiger charge is -2.17. The molecule has 0 amide bonds. The molecule has 0 unspecified atom stereocenters. The number of benzene rings is 1. The molecule has 6 nitrogen and oxygen atoms in total. The first-order valence-corrected chi connectivity index (χ1v) is 7.89. The van der Waals surface area contributed by atoms with E-state index in [-0.39, 0.29) is 29.0 Å². The standard InChI is InChI=1S/C17H16ClNO5/c1-3-23-17(22)11-7-19-9(2)8-24-16-6-15(21)12(18)4-10(16)13(19)5-14(11)20/h4-7,9,21H,3,8H2,1-2H3/t9-/m1/s1. The number of carbonyl (C=O) groups excluding carboxylic acids is 1. The highest BCUT2D eigenvalue weighted by atomic mass is 35.5. The fraction of sp³-hybridized carbons (Fsp3) is 0.294. The normalized spacial score (nSPS) is 15.7. The number of carbonyl (C=O) groups is 1. The molecular weight excluding hydrogens is 334 g/mol. The number of rotatable bonds is 2. The highest BCUT2D eigenvalue weighted by molar-refractivity contribution is 6.32. The van der Waals surface area contributed by atoms with Crippen LogP contribution in [0, 0.1) is 0 Å². The first kappa shape index (κ1) is 16.4. The van der Waals surface area contributed by atoms with E-state index in [1.165, 1.54) is 18.3 Å². The third-order valence-corrected chi connectivity index (χ3v) is 4.16. The molecule has 1 aromatic carbocycles. The highest BCUT2D eigenvalue weighted by Gasteiger charge is 2.24. The molecule has 0 fully saturated rings. The number of aromatic hydroxyl groups is 1. The van der Waals surface area contributed by atoms with E-state index in [2.05, 4.69) is 0 Å². The number of nitrogens with zero attached hydrogens (tertiary/aromatic N) is 1. The first-order chi connectivity index (χ1) is 11.4. The summed E-state index contributed by atoms with van der Waals surface area (Å²) in [4.78, 5) is 24.3. The van der Waals surface area contributed by atoms with Crippen LogP contribution in [0.4, 0.5) is 0 Å². The van der Waals surface area contributed by atoms with Crippen molar-refractivity contribution in [3.05, 3.63) is 45.2 Å². The summed E-state index contributed by atoms with van der Waals surface area (Å²) >= 11 is 6.00. The molecule has 1 aromatic heterocycles. The Bertz CT molecular complexity index is 874. The Labute approximate surface area is 143 Å². The number of aromatic nitrogens is 1. The summed E-state index contributed by atoms with van der Waals surface area (Å²) < 4.78 is 12.4. The van der Waals surface area contributed by atoms with Gasteiger partial charge in [-0.1, -0.05) is 11.6 Å². The second kappa shape index (κ2) is 6.20. The Morgan fingerprint density at radius 1 is 1.46 bits per heavy atom. The zero-order chi connectivity index (χ0) is 17.4. The fourth-order valence-electron chi connectivity index (χ4n) is 2.65.